The molecule has 0 aliphatic heterocycles. The Kier molecular flexibility index (Phi) is 4.35. The Balaban J connectivity index is 1.31. The number of anilines is 1. The smallest absolute Gasteiger partial charge is 0.247 e. The van der Waals surface area contributed by atoms with Crippen LogP contribution in [0.25, 0.3) is 33.9 Å². The van der Waals surface area contributed by atoms with Crippen LogP contribution >= 0.6 is 0 Å². The van der Waals surface area contributed by atoms with Gasteiger partial charge in [0.25, 0.3) is 0 Å². The molecule has 6 rings (SSSR count). The van der Waals surface area contributed by atoms with Gasteiger partial charge in [0.1, 0.15) is 11.6 Å². The van der Waals surface area contributed by atoms with Crippen LogP contribution in [0, 0.1) is 6.92 Å². The monoisotopic (exact) mass is 448 g/mol. The number of aryl methyl sites for hydroxylation is 1. The summed E-state index contributed by atoms with van der Waals surface area (Å²) in [5.41, 5.74) is 13.7. The number of pyridine rings is 1. The van der Waals surface area contributed by atoms with Crippen LogP contribution in [-0.4, -0.2) is 30.5 Å². The molecule has 0 bridgehead atoms. The normalized spacial score (nSPS) is 12.7. The molecule has 5 aromatic rings. The fourth-order valence-corrected chi connectivity index (χ4v) is 4.42. The maximum absolute atomic E-state index is 13.3. The van der Waals surface area contributed by atoms with E-state index in [1.165, 1.54) is 12.3 Å². The number of benzene rings is 2. The van der Waals surface area contributed by atoms with E-state index < -0.39 is 0 Å². The SMILES string of the molecule is Cc1nc2ccc(-n3ncc(C(=O)C4=Cc5cc(-c6ccc(=O)[nH]c6)ccc5C4)c3N)cc2[nH]1. The third-order valence-electron chi connectivity index (χ3n) is 6.15. The number of aromatic nitrogens is 5. The van der Waals surface area contributed by atoms with Gasteiger partial charge in [-0.2, -0.15) is 5.10 Å². The highest BCUT2D eigenvalue weighted by atomic mass is 16.1. The van der Waals surface area contributed by atoms with E-state index in [0.29, 0.717) is 23.4 Å². The highest BCUT2D eigenvalue weighted by Gasteiger charge is 2.24. The van der Waals surface area contributed by atoms with E-state index in [1.807, 2.05) is 49.4 Å². The lowest BCUT2D eigenvalue weighted by atomic mass is 10.0. The van der Waals surface area contributed by atoms with Crippen molar-refractivity contribution in [2.24, 2.45) is 0 Å². The fourth-order valence-electron chi connectivity index (χ4n) is 4.42. The molecule has 8 heteroatoms. The number of hydrogen-bond donors (Lipinski definition) is 3. The molecule has 4 N–H and O–H groups in total. The number of hydrogen-bond acceptors (Lipinski definition) is 5. The van der Waals surface area contributed by atoms with Crippen molar-refractivity contribution in [3.8, 4) is 16.8 Å². The van der Waals surface area contributed by atoms with Crippen molar-refractivity contribution >= 4 is 28.7 Å². The summed E-state index contributed by atoms with van der Waals surface area (Å²) < 4.78 is 1.57. The number of fused-ring (bicyclic) bond motifs is 2. The minimum Gasteiger partial charge on any atom is -0.383 e. The van der Waals surface area contributed by atoms with Crippen molar-refractivity contribution in [1.82, 2.24) is 24.7 Å². The molecule has 0 spiro atoms. The first kappa shape index (κ1) is 19.9. The fraction of sp³-hybridized carbons (Fsp3) is 0.0769. The first-order chi connectivity index (χ1) is 16.5. The number of Topliss-reactive ketones (excluding diaryl/α,β-unsaturated/α-hetero) is 1. The van der Waals surface area contributed by atoms with Gasteiger partial charge in [-0.1, -0.05) is 12.1 Å². The lowest BCUT2D eigenvalue weighted by molar-refractivity contribution is 0.103. The number of rotatable bonds is 4. The number of carbonyl (C=O) groups excluding carboxylic acids is 1. The van der Waals surface area contributed by atoms with Crippen molar-refractivity contribution in [2.45, 2.75) is 13.3 Å². The molecule has 0 fully saturated rings. The van der Waals surface area contributed by atoms with E-state index in [0.717, 1.165) is 44.8 Å². The molecular weight excluding hydrogens is 428 g/mol. The zero-order chi connectivity index (χ0) is 23.4. The van der Waals surface area contributed by atoms with Crippen molar-refractivity contribution < 1.29 is 4.79 Å². The topological polar surface area (TPSA) is 122 Å². The molecule has 0 saturated carbocycles. The first-order valence-corrected chi connectivity index (χ1v) is 10.8. The summed E-state index contributed by atoms with van der Waals surface area (Å²) >= 11 is 0. The summed E-state index contributed by atoms with van der Waals surface area (Å²) in [5, 5.41) is 4.38. The Bertz CT molecular complexity index is 1680. The highest BCUT2D eigenvalue weighted by Crippen LogP contribution is 2.32. The van der Waals surface area contributed by atoms with Gasteiger partial charge in [-0.15, -0.1) is 0 Å². The van der Waals surface area contributed by atoms with Gasteiger partial charge < -0.3 is 15.7 Å². The number of allylic oxidation sites excluding steroid dienone is 1. The van der Waals surface area contributed by atoms with E-state index in [1.54, 1.807) is 16.9 Å². The van der Waals surface area contributed by atoms with Crippen molar-refractivity contribution in [3.05, 3.63) is 99.4 Å². The zero-order valence-corrected chi connectivity index (χ0v) is 18.3. The standard InChI is InChI=1S/C26H20N6O2/c1-14-30-22-6-5-20(11-23(22)31-14)32-26(27)21(13-29-32)25(34)19-9-16-3-2-15(8-18(16)10-19)17-4-7-24(33)28-12-17/h2-8,10-13H,9,27H2,1H3,(H,28,33)(H,30,31). The minimum atomic E-state index is -0.143. The number of aromatic amines is 2. The number of nitrogens with one attached hydrogen (secondary N) is 2. The maximum atomic E-state index is 13.3. The van der Waals surface area contributed by atoms with Crippen LogP contribution in [0.2, 0.25) is 0 Å². The maximum Gasteiger partial charge on any atom is 0.247 e. The van der Waals surface area contributed by atoms with E-state index in [2.05, 4.69) is 20.1 Å². The van der Waals surface area contributed by atoms with Crippen LogP contribution in [0.15, 0.2) is 71.3 Å². The molecule has 166 valence electrons. The van der Waals surface area contributed by atoms with Gasteiger partial charge in [-0.25, -0.2) is 9.67 Å². The summed E-state index contributed by atoms with van der Waals surface area (Å²) in [4.78, 5) is 35.0. The van der Waals surface area contributed by atoms with Gasteiger partial charge in [0.05, 0.1) is 28.5 Å². The summed E-state index contributed by atoms with van der Waals surface area (Å²) in [7, 11) is 0. The van der Waals surface area contributed by atoms with Gasteiger partial charge in [0.2, 0.25) is 5.56 Å². The van der Waals surface area contributed by atoms with Gasteiger partial charge in [0.15, 0.2) is 5.78 Å². The third-order valence-corrected chi connectivity index (χ3v) is 6.15. The Morgan fingerprint density at radius 2 is 1.94 bits per heavy atom. The molecule has 3 aromatic heterocycles. The number of ketones is 1. The average Bonchev–Trinajstić information content (AvgIpc) is 3.53. The largest absolute Gasteiger partial charge is 0.383 e. The van der Waals surface area contributed by atoms with Gasteiger partial charge >= 0.3 is 0 Å². The van der Waals surface area contributed by atoms with Crippen LogP contribution in [0.4, 0.5) is 5.82 Å². The van der Waals surface area contributed by atoms with Crippen molar-refractivity contribution in [3.63, 3.8) is 0 Å². The number of H-pyrrole nitrogens is 2. The lowest BCUT2D eigenvalue weighted by Crippen LogP contribution is -2.08. The molecule has 1 aliphatic carbocycles. The molecule has 2 aromatic carbocycles. The number of nitrogens with two attached hydrogens (primary N) is 1. The van der Waals surface area contributed by atoms with Crippen molar-refractivity contribution in [2.75, 3.05) is 5.73 Å². The Morgan fingerprint density at radius 1 is 1.09 bits per heavy atom. The third kappa shape index (κ3) is 3.24. The summed E-state index contributed by atoms with van der Waals surface area (Å²) in [6.07, 6.45) is 5.65. The molecule has 1 aliphatic rings. The van der Waals surface area contributed by atoms with E-state index in [-0.39, 0.29) is 11.3 Å². The van der Waals surface area contributed by atoms with Crippen LogP contribution in [-0.2, 0) is 6.42 Å². The first-order valence-electron chi connectivity index (χ1n) is 10.8. The summed E-state index contributed by atoms with van der Waals surface area (Å²) in [6, 6.07) is 15.0. The van der Waals surface area contributed by atoms with Gasteiger partial charge in [-0.3, -0.25) is 9.59 Å². The van der Waals surface area contributed by atoms with Crippen molar-refractivity contribution in [1.29, 1.82) is 0 Å². The highest BCUT2D eigenvalue weighted by molar-refractivity contribution is 6.15. The van der Waals surface area contributed by atoms with E-state index in [9.17, 15) is 9.59 Å². The predicted octanol–water partition coefficient (Wildman–Crippen LogP) is 3.82. The van der Waals surface area contributed by atoms with Crippen LogP contribution in [0.1, 0.15) is 27.3 Å². The second kappa shape index (κ2) is 7.41. The quantitative estimate of drug-likeness (QED) is 0.361. The number of imidazole rings is 1. The predicted molar refractivity (Wildman–Crippen MR) is 131 cm³/mol. The second-order valence-corrected chi connectivity index (χ2v) is 8.41. The minimum absolute atomic E-state index is 0.135. The van der Waals surface area contributed by atoms with Gasteiger partial charge in [-0.05, 0) is 65.6 Å². The van der Waals surface area contributed by atoms with E-state index in [4.69, 9.17) is 5.73 Å². The average molecular weight is 448 g/mol. The number of nitrogen functional groups attached to an aromatic ring is 1. The molecule has 3 heterocycles. The van der Waals surface area contributed by atoms with Crippen LogP contribution in [0.3, 0.4) is 0 Å². The summed E-state index contributed by atoms with van der Waals surface area (Å²) in [5.74, 6) is 0.989. The Morgan fingerprint density at radius 3 is 2.76 bits per heavy atom. The summed E-state index contributed by atoms with van der Waals surface area (Å²) in [6.45, 7) is 1.90. The number of carbonyl (C=O) groups is 1. The Hall–Kier alpha value is -4.72. The van der Waals surface area contributed by atoms with Crippen LogP contribution < -0.4 is 11.3 Å². The molecule has 8 nitrogen and oxygen atoms in total. The molecular formula is C26H20N6O2. The molecule has 0 amide bonds. The number of nitrogens with zero attached hydrogens (tertiary/aromatic N) is 3. The molecule has 0 radical (unpaired) electrons. The Labute approximate surface area is 193 Å². The molecule has 0 saturated heterocycles. The van der Waals surface area contributed by atoms with Gasteiger partial charge in [0, 0.05) is 24.3 Å². The molecule has 0 unspecified atom stereocenters. The van der Waals surface area contributed by atoms with Crippen LogP contribution in [0.5, 0.6) is 0 Å². The second-order valence-electron chi connectivity index (χ2n) is 8.41. The lowest BCUT2D eigenvalue weighted by Gasteiger charge is -2.06. The zero-order valence-electron chi connectivity index (χ0n) is 18.3. The van der Waals surface area contributed by atoms with E-state index >= 15 is 0 Å². The molecule has 34 heavy (non-hydrogen) atoms. The molecule has 0 atom stereocenters.